The maximum Gasteiger partial charge on any atom is 0.337 e. The molecule has 0 unspecified atom stereocenters. The van der Waals surface area contributed by atoms with Gasteiger partial charge in [-0.05, 0) is 30.2 Å². The SMILES string of the molecule is COC(=O)c1ccc(Nc2cc(-c3ccccc3)nc(N[C@H](CO)C(C)C)n2)cc1. The van der Waals surface area contributed by atoms with E-state index in [1.165, 1.54) is 7.11 Å². The van der Waals surface area contributed by atoms with Gasteiger partial charge in [-0.15, -0.1) is 0 Å². The van der Waals surface area contributed by atoms with Crippen LogP contribution in [0.2, 0.25) is 0 Å². The highest BCUT2D eigenvalue weighted by Gasteiger charge is 2.15. The molecular weight excluding hydrogens is 380 g/mol. The zero-order valence-electron chi connectivity index (χ0n) is 17.3. The highest BCUT2D eigenvalue weighted by atomic mass is 16.5. The smallest absolute Gasteiger partial charge is 0.337 e. The lowest BCUT2D eigenvalue weighted by molar-refractivity contribution is 0.0601. The van der Waals surface area contributed by atoms with Crippen molar-refractivity contribution in [2.75, 3.05) is 24.4 Å². The molecule has 1 atom stereocenters. The van der Waals surface area contributed by atoms with E-state index in [9.17, 15) is 9.90 Å². The van der Waals surface area contributed by atoms with E-state index in [1.807, 2.05) is 50.2 Å². The highest BCUT2D eigenvalue weighted by Crippen LogP contribution is 2.24. The van der Waals surface area contributed by atoms with E-state index in [2.05, 4.69) is 20.6 Å². The molecule has 0 spiro atoms. The number of nitrogens with one attached hydrogen (secondary N) is 2. The molecule has 0 bridgehead atoms. The molecule has 0 saturated heterocycles. The van der Waals surface area contributed by atoms with E-state index in [0.717, 1.165) is 16.9 Å². The summed E-state index contributed by atoms with van der Waals surface area (Å²) in [4.78, 5) is 20.8. The molecule has 0 aliphatic rings. The summed E-state index contributed by atoms with van der Waals surface area (Å²) in [5.41, 5.74) is 2.95. The summed E-state index contributed by atoms with van der Waals surface area (Å²) < 4.78 is 4.73. The molecule has 0 aliphatic carbocycles. The molecule has 1 heterocycles. The molecule has 3 aromatic rings. The van der Waals surface area contributed by atoms with E-state index in [4.69, 9.17) is 4.74 Å². The van der Waals surface area contributed by atoms with Gasteiger partial charge < -0.3 is 20.5 Å². The Bertz CT molecular complexity index is 975. The fraction of sp³-hybridized carbons (Fsp3) is 0.261. The second-order valence-corrected chi connectivity index (χ2v) is 7.20. The maximum absolute atomic E-state index is 11.6. The van der Waals surface area contributed by atoms with Crippen LogP contribution in [0.4, 0.5) is 17.5 Å². The number of anilines is 3. The van der Waals surface area contributed by atoms with Crippen molar-refractivity contribution >= 4 is 23.4 Å². The van der Waals surface area contributed by atoms with E-state index in [1.54, 1.807) is 24.3 Å². The van der Waals surface area contributed by atoms with Gasteiger partial charge in [0, 0.05) is 17.3 Å². The summed E-state index contributed by atoms with van der Waals surface area (Å²) in [5.74, 6) is 0.849. The minimum Gasteiger partial charge on any atom is -0.465 e. The summed E-state index contributed by atoms with van der Waals surface area (Å²) in [7, 11) is 1.35. The van der Waals surface area contributed by atoms with Gasteiger partial charge in [-0.1, -0.05) is 44.2 Å². The summed E-state index contributed by atoms with van der Waals surface area (Å²) in [5, 5.41) is 16.1. The van der Waals surface area contributed by atoms with Crippen molar-refractivity contribution in [3.8, 4) is 11.3 Å². The summed E-state index contributed by atoms with van der Waals surface area (Å²) in [6, 6.07) is 18.5. The molecule has 3 N–H and O–H groups in total. The fourth-order valence-electron chi connectivity index (χ4n) is 2.88. The lowest BCUT2D eigenvalue weighted by Gasteiger charge is -2.20. The second-order valence-electron chi connectivity index (χ2n) is 7.20. The van der Waals surface area contributed by atoms with Gasteiger partial charge in [0.2, 0.25) is 5.95 Å². The quantitative estimate of drug-likeness (QED) is 0.485. The third-order valence-electron chi connectivity index (χ3n) is 4.69. The Labute approximate surface area is 176 Å². The fourth-order valence-corrected chi connectivity index (χ4v) is 2.88. The van der Waals surface area contributed by atoms with Gasteiger partial charge >= 0.3 is 5.97 Å². The minimum atomic E-state index is -0.384. The van der Waals surface area contributed by atoms with Gasteiger partial charge in [-0.25, -0.2) is 9.78 Å². The third kappa shape index (κ3) is 5.33. The number of esters is 1. The van der Waals surface area contributed by atoms with Gasteiger partial charge in [-0.2, -0.15) is 4.98 Å². The van der Waals surface area contributed by atoms with Gasteiger partial charge in [0.25, 0.3) is 0 Å². The van der Waals surface area contributed by atoms with Crippen LogP contribution < -0.4 is 10.6 Å². The standard InChI is InChI=1S/C23H26N4O3/c1-15(2)20(14-28)26-23-25-19(16-7-5-4-6-8-16)13-21(27-23)24-18-11-9-17(10-12-18)22(29)30-3/h4-13,15,20,28H,14H2,1-3H3,(H2,24,25,26,27)/t20-/m1/s1. The van der Waals surface area contributed by atoms with Gasteiger partial charge in [0.1, 0.15) is 5.82 Å². The average Bonchev–Trinajstić information content (AvgIpc) is 2.77. The molecule has 1 aromatic heterocycles. The Morgan fingerprint density at radius 3 is 2.37 bits per heavy atom. The molecule has 30 heavy (non-hydrogen) atoms. The number of aliphatic hydroxyl groups excluding tert-OH is 1. The monoisotopic (exact) mass is 406 g/mol. The van der Waals surface area contributed by atoms with E-state index in [-0.39, 0.29) is 24.5 Å². The zero-order chi connectivity index (χ0) is 21.5. The molecule has 0 aliphatic heterocycles. The lowest BCUT2D eigenvalue weighted by atomic mass is 10.1. The topological polar surface area (TPSA) is 96.4 Å². The van der Waals surface area contributed by atoms with Crippen molar-refractivity contribution in [3.05, 3.63) is 66.2 Å². The molecule has 7 heteroatoms. The number of ether oxygens (including phenoxy) is 1. The van der Waals surface area contributed by atoms with Crippen LogP contribution in [-0.4, -0.2) is 40.8 Å². The number of hydrogen-bond donors (Lipinski definition) is 3. The number of carbonyl (C=O) groups excluding carboxylic acids is 1. The predicted molar refractivity (Wildman–Crippen MR) is 118 cm³/mol. The molecule has 0 radical (unpaired) electrons. The van der Waals surface area contributed by atoms with Crippen molar-refractivity contribution in [1.29, 1.82) is 0 Å². The first-order valence-corrected chi connectivity index (χ1v) is 9.77. The van der Waals surface area contributed by atoms with E-state index in [0.29, 0.717) is 17.3 Å². The van der Waals surface area contributed by atoms with Crippen LogP contribution in [0, 0.1) is 5.92 Å². The van der Waals surface area contributed by atoms with Crippen LogP contribution in [0.3, 0.4) is 0 Å². The number of carbonyl (C=O) groups is 1. The van der Waals surface area contributed by atoms with Gasteiger partial charge in [-0.3, -0.25) is 0 Å². The number of rotatable bonds is 8. The van der Waals surface area contributed by atoms with E-state index >= 15 is 0 Å². The first kappa shape index (κ1) is 21.3. The number of aliphatic hydroxyl groups is 1. The maximum atomic E-state index is 11.6. The van der Waals surface area contributed by atoms with Crippen LogP contribution >= 0.6 is 0 Å². The van der Waals surface area contributed by atoms with Crippen molar-refractivity contribution in [2.45, 2.75) is 19.9 Å². The Kier molecular flexibility index (Phi) is 6.98. The minimum absolute atomic E-state index is 0.0195. The molecule has 3 rings (SSSR count). The normalized spacial score (nSPS) is 11.8. The summed E-state index contributed by atoms with van der Waals surface area (Å²) >= 11 is 0. The molecule has 0 amide bonds. The Morgan fingerprint density at radius 1 is 1.07 bits per heavy atom. The van der Waals surface area contributed by atoms with Crippen LogP contribution in [0.15, 0.2) is 60.7 Å². The Hall–Kier alpha value is -3.45. The van der Waals surface area contributed by atoms with Crippen LogP contribution in [0.5, 0.6) is 0 Å². The molecule has 2 aromatic carbocycles. The highest BCUT2D eigenvalue weighted by molar-refractivity contribution is 5.89. The van der Waals surface area contributed by atoms with Crippen LogP contribution in [0.25, 0.3) is 11.3 Å². The average molecular weight is 406 g/mol. The number of aromatic nitrogens is 2. The Morgan fingerprint density at radius 2 is 1.77 bits per heavy atom. The number of hydrogen-bond acceptors (Lipinski definition) is 7. The van der Waals surface area contributed by atoms with Crippen molar-refractivity contribution < 1.29 is 14.6 Å². The first-order chi connectivity index (χ1) is 14.5. The largest absolute Gasteiger partial charge is 0.465 e. The molecule has 7 nitrogen and oxygen atoms in total. The zero-order valence-corrected chi connectivity index (χ0v) is 17.3. The Balaban J connectivity index is 1.92. The first-order valence-electron chi connectivity index (χ1n) is 9.77. The number of benzene rings is 2. The molecule has 0 fully saturated rings. The number of methoxy groups -OCH3 is 1. The molecule has 0 saturated carbocycles. The predicted octanol–water partition coefficient (Wildman–Crippen LogP) is 4.10. The molecular formula is C23H26N4O3. The van der Waals surface area contributed by atoms with Crippen molar-refractivity contribution in [1.82, 2.24) is 9.97 Å². The van der Waals surface area contributed by atoms with Crippen LogP contribution in [-0.2, 0) is 4.74 Å². The lowest BCUT2D eigenvalue weighted by Crippen LogP contribution is -2.30. The number of nitrogens with zero attached hydrogens (tertiary/aromatic N) is 2. The van der Waals surface area contributed by atoms with Crippen molar-refractivity contribution in [2.24, 2.45) is 5.92 Å². The molecule has 156 valence electrons. The summed E-state index contributed by atoms with van der Waals surface area (Å²) in [6.07, 6.45) is 0. The van der Waals surface area contributed by atoms with Gasteiger partial charge in [0.15, 0.2) is 0 Å². The summed E-state index contributed by atoms with van der Waals surface area (Å²) in [6.45, 7) is 4.03. The third-order valence-corrected chi connectivity index (χ3v) is 4.69. The second kappa shape index (κ2) is 9.84. The van der Waals surface area contributed by atoms with Gasteiger partial charge in [0.05, 0.1) is 31.0 Å². The van der Waals surface area contributed by atoms with E-state index < -0.39 is 0 Å². The van der Waals surface area contributed by atoms with Crippen LogP contribution in [0.1, 0.15) is 24.2 Å². The van der Waals surface area contributed by atoms with Crippen molar-refractivity contribution in [3.63, 3.8) is 0 Å².